The molecule has 1 aliphatic carbocycles. The number of carbonyl (C=O) groups is 1. The van der Waals surface area contributed by atoms with E-state index in [1.807, 2.05) is 47.5 Å². The van der Waals surface area contributed by atoms with E-state index in [0.717, 1.165) is 28.8 Å². The number of nitrogens with one attached hydrogen (secondary N) is 1. The second-order valence-electron chi connectivity index (χ2n) is 7.05. The number of aromatic amines is 1. The Hall–Kier alpha value is -2.49. The summed E-state index contributed by atoms with van der Waals surface area (Å²) in [4.78, 5) is 18.3. The third kappa shape index (κ3) is 3.63. The van der Waals surface area contributed by atoms with Crippen molar-refractivity contribution in [2.75, 3.05) is 6.54 Å². The molecular weight excluding hydrogens is 312 g/mol. The van der Waals surface area contributed by atoms with E-state index >= 15 is 0 Å². The Labute approximate surface area is 147 Å². The Balaban J connectivity index is 1.57. The van der Waals surface area contributed by atoms with E-state index in [9.17, 15) is 4.79 Å². The summed E-state index contributed by atoms with van der Waals surface area (Å²) in [5.74, 6) is 1.53. The summed E-state index contributed by atoms with van der Waals surface area (Å²) in [7, 11) is 0. The number of H-pyrrole nitrogens is 1. The number of hydrogen-bond donors (Lipinski definition) is 1. The summed E-state index contributed by atoms with van der Waals surface area (Å²) in [5, 5.41) is 1.07. The summed E-state index contributed by atoms with van der Waals surface area (Å²) in [6.07, 6.45) is 9.90. The quantitative estimate of drug-likeness (QED) is 0.714. The smallest absolute Gasteiger partial charge is 0.254 e. The fraction of sp³-hybridized carbons (Fsp3) is 0.381. The second-order valence-corrected chi connectivity index (χ2v) is 7.05. The summed E-state index contributed by atoms with van der Waals surface area (Å²) in [6.45, 7) is 1.35. The van der Waals surface area contributed by atoms with Gasteiger partial charge in [0.2, 0.25) is 0 Å². The number of aromatic nitrogens is 1. The van der Waals surface area contributed by atoms with Crippen molar-refractivity contribution in [2.45, 2.75) is 38.6 Å². The summed E-state index contributed by atoms with van der Waals surface area (Å²) < 4.78 is 5.50. The van der Waals surface area contributed by atoms with Crippen LogP contribution in [0.3, 0.4) is 0 Å². The maximum absolute atomic E-state index is 13.2. The van der Waals surface area contributed by atoms with Gasteiger partial charge >= 0.3 is 0 Å². The van der Waals surface area contributed by atoms with E-state index in [1.165, 1.54) is 32.1 Å². The number of hydrogen-bond acceptors (Lipinski definition) is 2. The molecule has 0 saturated heterocycles. The Morgan fingerprint density at radius 3 is 2.84 bits per heavy atom. The number of fused-ring (bicyclic) bond motifs is 1. The third-order valence-electron chi connectivity index (χ3n) is 5.22. The normalized spacial score (nSPS) is 15.5. The number of amides is 1. The van der Waals surface area contributed by atoms with E-state index in [4.69, 9.17) is 4.42 Å². The molecule has 4 nitrogen and oxygen atoms in total. The van der Waals surface area contributed by atoms with Crippen LogP contribution < -0.4 is 0 Å². The summed E-state index contributed by atoms with van der Waals surface area (Å²) in [6, 6.07) is 11.7. The summed E-state index contributed by atoms with van der Waals surface area (Å²) in [5.41, 5.74) is 1.80. The molecule has 1 aromatic carbocycles. The highest BCUT2D eigenvalue weighted by molar-refractivity contribution is 5.98. The molecule has 2 aromatic heterocycles. The molecule has 0 spiro atoms. The number of carbonyl (C=O) groups excluding carboxylic acids is 1. The molecule has 0 bridgehead atoms. The standard InChI is InChI=1S/C21H24N2O2/c24-21(18-8-9-20-17(13-18)10-11-22-20)23(15-19-7-4-12-25-19)14-16-5-2-1-3-6-16/h4,7-13,16,22H,1-3,5-6,14-15H2. The van der Waals surface area contributed by atoms with Crippen molar-refractivity contribution in [1.82, 2.24) is 9.88 Å². The van der Waals surface area contributed by atoms with Crippen LogP contribution in [0.25, 0.3) is 10.9 Å². The topological polar surface area (TPSA) is 49.2 Å². The van der Waals surface area contributed by atoms with Gasteiger partial charge in [0.1, 0.15) is 5.76 Å². The van der Waals surface area contributed by atoms with Gasteiger partial charge in [-0.2, -0.15) is 0 Å². The zero-order valence-electron chi connectivity index (χ0n) is 14.4. The lowest BCUT2D eigenvalue weighted by atomic mass is 9.89. The van der Waals surface area contributed by atoms with Crippen LogP contribution in [0.4, 0.5) is 0 Å². The first-order valence-corrected chi connectivity index (χ1v) is 9.18. The first-order chi connectivity index (χ1) is 12.3. The average molecular weight is 336 g/mol. The lowest BCUT2D eigenvalue weighted by molar-refractivity contribution is 0.0685. The molecule has 0 radical (unpaired) electrons. The molecule has 25 heavy (non-hydrogen) atoms. The molecule has 130 valence electrons. The Morgan fingerprint density at radius 1 is 1.16 bits per heavy atom. The van der Waals surface area contributed by atoms with Gasteiger partial charge in [-0.3, -0.25) is 4.79 Å². The molecule has 1 amide bonds. The van der Waals surface area contributed by atoms with Gasteiger partial charge in [-0.1, -0.05) is 19.3 Å². The van der Waals surface area contributed by atoms with Crippen molar-refractivity contribution in [3.05, 3.63) is 60.2 Å². The zero-order chi connectivity index (χ0) is 17.1. The molecule has 1 fully saturated rings. The third-order valence-corrected chi connectivity index (χ3v) is 5.22. The van der Waals surface area contributed by atoms with E-state index in [1.54, 1.807) is 6.26 Å². The molecule has 0 unspecified atom stereocenters. The Kier molecular flexibility index (Phi) is 4.59. The van der Waals surface area contributed by atoms with E-state index in [0.29, 0.717) is 12.5 Å². The van der Waals surface area contributed by atoms with Crippen LogP contribution in [0.1, 0.15) is 48.2 Å². The maximum Gasteiger partial charge on any atom is 0.254 e. The van der Waals surface area contributed by atoms with Crippen LogP contribution in [0.5, 0.6) is 0 Å². The lowest BCUT2D eigenvalue weighted by Crippen LogP contribution is -2.35. The number of nitrogens with zero attached hydrogens (tertiary/aromatic N) is 1. The fourth-order valence-corrected chi connectivity index (χ4v) is 3.86. The van der Waals surface area contributed by atoms with E-state index in [2.05, 4.69) is 4.98 Å². The minimum atomic E-state index is 0.0880. The van der Waals surface area contributed by atoms with Crippen molar-refractivity contribution in [1.29, 1.82) is 0 Å². The Morgan fingerprint density at radius 2 is 2.04 bits per heavy atom. The highest BCUT2D eigenvalue weighted by atomic mass is 16.3. The molecule has 1 N–H and O–H groups in total. The molecule has 0 atom stereocenters. The predicted molar refractivity (Wildman–Crippen MR) is 98.3 cm³/mol. The highest BCUT2D eigenvalue weighted by Crippen LogP contribution is 2.26. The van der Waals surface area contributed by atoms with Gasteiger partial charge in [0.25, 0.3) is 5.91 Å². The highest BCUT2D eigenvalue weighted by Gasteiger charge is 2.23. The molecule has 2 heterocycles. The van der Waals surface area contributed by atoms with Crippen molar-refractivity contribution < 1.29 is 9.21 Å². The molecule has 3 aromatic rings. The molecule has 1 aliphatic rings. The van der Waals surface area contributed by atoms with Crippen LogP contribution in [0.2, 0.25) is 0 Å². The van der Waals surface area contributed by atoms with Crippen LogP contribution in [-0.2, 0) is 6.54 Å². The number of furan rings is 1. The van der Waals surface area contributed by atoms with Gasteiger partial charge < -0.3 is 14.3 Å². The monoisotopic (exact) mass is 336 g/mol. The van der Waals surface area contributed by atoms with Gasteiger partial charge in [0.15, 0.2) is 0 Å². The van der Waals surface area contributed by atoms with Gasteiger partial charge in [-0.05, 0) is 55.2 Å². The molecule has 1 saturated carbocycles. The SMILES string of the molecule is O=C(c1ccc2[nH]ccc2c1)N(Cc1ccco1)CC1CCCCC1. The van der Waals surface area contributed by atoms with Crippen molar-refractivity contribution in [2.24, 2.45) is 5.92 Å². The Bertz CT molecular complexity index is 829. The minimum Gasteiger partial charge on any atom is -0.467 e. The molecular formula is C21H24N2O2. The largest absolute Gasteiger partial charge is 0.467 e. The van der Waals surface area contributed by atoms with Crippen LogP contribution in [0.15, 0.2) is 53.3 Å². The molecule has 4 heteroatoms. The van der Waals surface area contributed by atoms with Gasteiger partial charge in [0.05, 0.1) is 12.8 Å². The minimum absolute atomic E-state index is 0.0880. The molecule has 0 aliphatic heterocycles. The molecule has 4 rings (SSSR count). The average Bonchev–Trinajstić information content (AvgIpc) is 3.32. The number of benzene rings is 1. The predicted octanol–water partition coefficient (Wildman–Crippen LogP) is 4.98. The zero-order valence-corrected chi connectivity index (χ0v) is 14.4. The first kappa shape index (κ1) is 16.0. The van der Waals surface area contributed by atoms with Crippen LogP contribution in [0, 0.1) is 5.92 Å². The van der Waals surface area contributed by atoms with Gasteiger partial charge in [-0.15, -0.1) is 0 Å². The van der Waals surface area contributed by atoms with E-state index in [-0.39, 0.29) is 5.91 Å². The van der Waals surface area contributed by atoms with Crippen LogP contribution in [-0.4, -0.2) is 22.3 Å². The van der Waals surface area contributed by atoms with Crippen molar-refractivity contribution in [3.8, 4) is 0 Å². The van der Waals surface area contributed by atoms with Crippen molar-refractivity contribution >= 4 is 16.8 Å². The maximum atomic E-state index is 13.2. The van der Waals surface area contributed by atoms with Gasteiger partial charge in [-0.25, -0.2) is 0 Å². The van der Waals surface area contributed by atoms with Crippen molar-refractivity contribution in [3.63, 3.8) is 0 Å². The summed E-state index contributed by atoms with van der Waals surface area (Å²) >= 11 is 0. The lowest BCUT2D eigenvalue weighted by Gasteiger charge is -2.29. The first-order valence-electron chi connectivity index (χ1n) is 9.18. The fourth-order valence-electron chi connectivity index (χ4n) is 3.86. The number of rotatable bonds is 5. The van der Waals surface area contributed by atoms with E-state index < -0.39 is 0 Å². The van der Waals surface area contributed by atoms with Crippen LogP contribution >= 0.6 is 0 Å². The second kappa shape index (κ2) is 7.18. The van der Waals surface area contributed by atoms with Gasteiger partial charge in [0, 0.05) is 29.2 Å².